The summed E-state index contributed by atoms with van der Waals surface area (Å²) < 4.78 is 26.1. The summed E-state index contributed by atoms with van der Waals surface area (Å²) in [5.41, 5.74) is 3.67. The highest BCUT2D eigenvalue weighted by molar-refractivity contribution is 7.92. The first-order valence-corrected chi connectivity index (χ1v) is 12.6. The van der Waals surface area contributed by atoms with Crippen LogP contribution in [-0.4, -0.2) is 42.3 Å². The van der Waals surface area contributed by atoms with Gasteiger partial charge in [0, 0.05) is 34.9 Å². The molecule has 34 heavy (non-hydrogen) atoms. The van der Waals surface area contributed by atoms with Gasteiger partial charge in [0.05, 0.1) is 29.2 Å². The Morgan fingerprint density at radius 2 is 1.91 bits per heavy atom. The van der Waals surface area contributed by atoms with Crippen molar-refractivity contribution >= 4 is 49.7 Å². The van der Waals surface area contributed by atoms with Crippen molar-refractivity contribution in [2.24, 2.45) is 0 Å². The molecule has 3 N–H and O–H groups in total. The van der Waals surface area contributed by atoms with Crippen molar-refractivity contribution in [1.82, 2.24) is 15.2 Å². The molecule has 2 aromatic heterocycles. The van der Waals surface area contributed by atoms with Gasteiger partial charge in [-0.2, -0.15) is 5.10 Å². The van der Waals surface area contributed by atoms with Crippen molar-refractivity contribution in [2.75, 3.05) is 27.7 Å². The van der Waals surface area contributed by atoms with Crippen LogP contribution in [0.25, 0.3) is 10.9 Å². The molecule has 0 bridgehead atoms. The van der Waals surface area contributed by atoms with Crippen LogP contribution in [0, 0.1) is 0 Å². The molecule has 0 aliphatic carbocycles. The normalized spacial score (nSPS) is 14.7. The van der Waals surface area contributed by atoms with Gasteiger partial charge < -0.3 is 10.6 Å². The van der Waals surface area contributed by atoms with Crippen molar-refractivity contribution in [2.45, 2.75) is 19.3 Å². The Morgan fingerprint density at radius 3 is 2.71 bits per heavy atom. The SMILES string of the molecule is CC1(C)CN(S(C)(=O)=O)c2cc(NC(=O)c3cccnc3Nc3ccc4cn[nH]c4c3)ccc21. The fourth-order valence-electron chi connectivity index (χ4n) is 4.25. The van der Waals surface area contributed by atoms with Crippen LogP contribution in [0.4, 0.5) is 22.9 Å². The number of aromatic nitrogens is 3. The summed E-state index contributed by atoms with van der Waals surface area (Å²) in [6.07, 6.45) is 4.54. The minimum atomic E-state index is -3.44. The molecule has 0 saturated heterocycles. The van der Waals surface area contributed by atoms with Gasteiger partial charge in [0.15, 0.2) is 0 Å². The van der Waals surface area contributed by atoms with Crippen molar-refractivity contribution in [1.29, 1.82) is 0 Å². The zero-order chi connectivity index (χ0) is 24.1. The van der Waals surface area contributed by atoms with Crippen LogP contribution in [-0.2, 0) is 15.4 Å². The molecule has 0 radical (unpaired) electrons. The number of rotatable bonds is 5. The molecule has 0 fully saturated rings. The van der Waals surface area contributed by atoms with E-state index in [-0.39, 0.29) is 11.3 Å². The molecular formula is C24H24N6O3S. The molecule has 9 nitrogen and oxygen atoms in total. The number of sulfonamides is 1. The number of hydrogen-bond donors (Lipinski definition) is 3. The van der Waals surface area contributed by atoms with Crippen molar-refractivity contribution < 1.29 is 13.2 Å². The molecule has 1 amide bonds. The fourth-order valence-corrected chi connectivity index (χ4v) is 5.32. The van der Waals surface area contributed by atoms with Gasteiger partial charge in [-0.3, -0.25) is 14.2 Å². The Morgan fingerprint density at radius 1 is 1.12 bits per heavy atom. The van der Waals surface area contributed by atoms with Crippen LogP contribution in [0.1, 0.15) is 29.8 Å². The van der Waals surface area contributed by atoms with E-state index in [9.17, 15) is 13.2 Å². The Bertz CT molecular complexity index is 1530. The van der Waals surface area contributed by atoms with E-state index in [1.807, 2.05) is 38.1 Å². The summed E-state index contributed by atoms with van der Waals surface area (Å²) in [5, 5.41) is 14.0. The lowest BCUT2D eigenvalue weighted by atomic mass is 9.87. The van der Waals surface area contributed by atoms with Crippen LogP contribution in [0.2, 0.25) is 0 Å². The van der Waals surface area contributed by atoms with Gasteiger partial charge in [0.1, 0.15) is 5.82 Å². The van der Waals surface area contributed by atoms with E-state index in [1.165, 1.54) is 10.6 Å². The van der Waals surface area contributed by atoms with E-state index in [4.69, 9.17) is 0 Å². The van der Waals surface area contributed by atoms with E-state index in [0.29, 0.717) is 29.3 Å². The fraction of sp³-hybridized carbons (Fsp3) is 0.208. The number of carbonyl (C=O) groups excluding carboxylic acids is 1. The third kappa shape index (κ3) is 3.96. The quantitative estimate of drug-likeness (QED) is 0.400. The largest absolute Gasteiger partial charge is 0.340 e. The standard InChI is InChI=1S/C24H24N6O3S/c1-24(2)14-30(34(3,32)33)21-12-17(8-9-19(21)24)28-23(31)18-5-4-10-25-22(18)27-16-7-6-15-13-26-29-20(15)11-16/h4-13H,14H2,1-3H3,(H,25,27)(H,26,29)(H,28,31). The predicted molar refractivity (Wildman–Crippen MR) is 133 cm³/mol. The highest BCUT2D eigenvalue weighted by Crippen LogP contribution is 2.43. The first-order chi connectivity index (χ1) is 16.1. The number of nitrogens with zero attached hydrogens (tertiary/aromatic N) is 3. The lowest BCUT2D eigenvalue weighted by molar-refractivity contribution is 0.102. The third-order valence-corrected chi connectivity index (χ3v) is 7.08. The minimum absolute atomic E-state index is 0.322. The summed E-state index contributed by atoms with van der Waals surface area (Å²) >= 11 is 0. The molecular weight excluding hydrogens is 452 g/mol. The Labute approximate surface area is 197 Å². The van der Waals surface area contributed by atoms with E-state index in [1.54, 1.807) is 36.7 Å². The first kappa shape index (κ1) is 21.9. The maximum absolute atomic E-state index is 13.2. The minimum Gasteiger partial charge on any atom is -0.340 e. The molecule has 174 valence electrons. The van der Waals surface area contributed by atoms with Crippen LogP contribution in [0.5, 0.6) is 0 Å². The van der Waals surface area contributed by atoms with Gasteiger partial charge in [-0.25, -0.2) is 13.4 Å². The molecule has 3 heterocycles. The highest BCUT2D eigenvalue weighted by Gasteiger charge is 2.39. The van der Waals surface area contributed by atoms with Crippen LogP contribution < -0.4 is 14.9 Å². The maximum atomic E-state index is 13.2. The summed E-state index contributed by atoms with van der Waals surface area (Å²) in [6, 6.07) is 14.4. The van der Waals surface area contributed by atoms with Crippen LogP contribution in [0.3, 0.4) is 0 Å². The number of nitrogens with one attached hydrogen (secondary N) is 3. The number of amides is 1. The van der Waals surface area contributed by atoms with E-state index >= 15 is 0 Å². The number of aromatic amines is 1. The summed E-state index contributed by atoms with van der Waals surface area (Å²) in [7, 11) is -3.44. The van der Waals surface area contributed by atoms with E-state index < -0.39 is 10.0 Å². The second-order valence-corrected chi connectivity index (χ2v) is 10.9. The average molecular weight is 477 g/mol. The number of H-pyrrole nitrogens is 1. The number of pyridine rings is 1. The lowest BCUT2D eigenvalue weighted by Crippen LogP contribution is -2.33. The number of benzene rings is 2. The van der Waals surface area contributed by atoms with Gasteiger partial charge >= 0.3 is 0 Å². The second kappa shape index (κ2) is 7.84. The molecule has 0 atom stereocenters. The predicted octanol–water partition coefficient (Wildman–Crippen LogP) is 4.01. The van der Waals surface area contributed by atoms with Crippen molar-refractivity contribution in [3.05, 3.63) is 72.1 Å². The Hall–Kier alpha value is -3.92. The maximum Gasteiger partial charge on any atom is 0.259 e. The molecule has 2 aromatic carbocycles. The molecule has 0 spiro atoms. The van der Waals surface area contributed by atoms with Crippen molar-refractivity contribution in [3.63, 3.8) is 0 Å². The zero-order valence-electron chi connectivity index (χ0n) is 19.0. The summed E-state index contributed by atoms with van der Waals surface area (Å²) in [4.78, 5) is 17.5. The zero-order valence-corrected chi connectivity index (χ0v) is 19.8. The van der Waals surface area contributed by atoms with E-state index in [0.717, 1.165) is 22.2 Å². The molecule has 0 saturated carbocycles. The van der Waals surface area contributed by atoms with Crippen LogP contribution >= 0.6 is 0 Å². The molecule has 0 unspecified atom stereocenters. The third-order valence-electron chi connectivity index (χ3n) is 5.95. The van der Waals surface area contributed by atoms with Crippen LogP contribution in [0.15, 0.2) is 60.9 Å². The molecule has 1 aliphatic rings. The highest BCUT2D eigenvalue weighted by atomic mass is 32.2. The Kier molecular flexibility index (Phi) is 5.05. The number of fused-ring (bicyclic) bond motifs is 2. The molecule has 4 aromatic rings. The number of anilines is 4. The number of hydrogen-bond acceptors (Lipinski definition) is 6. The van der Waals surface area contributed by atoms with Crippen molar-refractivity contribution in [3.8, 4) is 0 Å². The summed E-state index contributed by atoms with van der Waals surface area (Å²) in [5.74, 6) is 0.0419. The number of carbonyl (C=O) groups is 1. The van der Waals surface area contributed by atoms with E-state index in [2.05, 4.69) is 25.8 Å². The van der Waals surface area contributed by atoms with Gasteiger partial charge in [0.25, 0.3) is 5.91 Å². The summed E-state index contributed by atoms with van der Waals surface area (Å²) in [6.45, 7) is 4.36. The smallest absolute Gasteiger partial charge is 0.259 e. The molecule has 10 heteroatoms. The van der Waals surface area contributed by atoms with Gasteiger partial charge in [-0.15, -0.1) is 0 Å². The average Bonchev–Trinajstić information content (AvgIpc) is 3.35. The van der Waals surface area contributed by atoms with Gasteiger partial charge in [-0.05, 0) is 48.0 Å². The molecule has 5 rings (SSSR count). The second-order valence-electron chi connectivity index (χ2n) is 9.04. The molecule has 1 aliphatic heterocycles. The van der Waals surface area contributed by atoms with Gasteiger partial charge in [-0.1, -0.05) is 19.9 Å². The monoisotopic (exact) mass is 476 g/mol. The Balaban J connectivity index is 1.42. The topological polar surface area (TPSA) is 120 Å². The lowest BCUT2D eigenvalue weighted by Gasteiger charge is -2.20. The van der Waals surface area contributed by atoms with Gasteiger partial charge in [0.2, 0.25) is 10.0 Å². The first-order valence-electron chi connectivity index (χ1n) is 10.7.